The third-order valence-corrected chi connectivity index (χ3v) is 13.2. The summed E-state index contributed by atoms with van der Waals surface area (Å²) in [5.41, 5.74) is 0. The first-order valence-electron chi connectivity index (χ1n) is 13.1. The molecule has 224 valence electrons. The van der Waals surface area contributed by atoms with E-state index in [1.807, 2.05) is 23.9 Å². The highest BCUT2D eigenvalue weighted by atomic mass is 28.4. The minimum Gasteiger partial charge on any atom is -0.415 e. The number of rotatable bonds is 26. The van der Waals surface area contributed by atoms with Crippen LogP contribution in [0.5, 0.6) is 0 Å². The van der Waals surface area contributed by atoms with Crippen LogP contribution in [0, 0.1) is 0 Å². The summed E-state index contributed by atoms with van der Waals surface area (Å²) >= 11 is 0. The van der Waals surface area contributed by atoms with Gasteiger partial charge in [0.25, 0.3) is 0 Å². The zero-order chi connectivity index (χ0) is 28.2. The lowest BCUT2D eigenvalue weighted by molar-refractivity contribution is 0.0168. The molecule has 37 heavy (non-hydrogen) atoms. The molecule has 0 aromatic carbocycles. The van der Waals surface area contributed by atoms with E-state index in [1.165, 1.54) is 14.2 Å². The Balaban J connectivity index is 3.89. The molecule has 0 radical (unpaired) electrons. The van der Waals surface area contributed by atoms with Crippen LogP contribution in [0.4, 0.5) is 0 Å². The highest BCUT2D eigenvalue weighted by molar-refractivity contribution is 6.73. The molecule has 0 aromatic rings. The maximum absolute atomic E-state index is 10.2. The van der Waals surface area contributed by atoms with Crippen molar-refractivity contribution in [2.45, 2.75) is 43.6 Å². The van der Waals surface area contributed by atoms with E-state index in [9.17, 15) is 30.6 Å². The molecule has 0 saturated carbocycles. The average Bonchev–Trinajstić information content (AvgIpc) is 2.89. The van der Waals surface area contributed by atoms with E-state index in [2.05, 4.69) is 0 Å². The molecule has 0 bridgehead atoms. The normalized spacial score (nSPS) is 14.6. The Morgan fingerprint density at radius 3 is 1.27 bits per heavy atom. The number of hydrogen-bond acceptors (Lipinski definition) is 12. The van der Waals surface area contributed by atoms with Crippen molar-refractivity contribution in [1.29, 1.82) is 0 Å². The van der Waals surface area contributed by atoms with Crippen LogP contribution in [0.1, 0.15) is 19.3 Å². The van der Waals surface area contributed by atoms with Crippen LogP contribution in [-0.2, 0) is 18.3 Å². The molecule has 6 N–H and O–H groups in total. The van der Waals surface area contributed by atoms with Crippen LogP contribution in [-0.4, -0.2) is 175 Å². The molecule has 0 saturated heterocycles. The van der Waals surface area contributed by atoms with Gasteiger partial charge in [-0.3, -0.25) is 0 Å². The molecule has 0 aliphatic heterocycles. The summed E-state index contributed by atoms with van der Waals surface area (Å²) < 4.78 is 21.7. The van der Waals surface area contributed by atoms with Crippen LogP contribution in [0.3, 0.4) is 0 Å². The van der Waals surface area contributed by atoms with E-state index in [0.717, 1.165) is 19.5 Å². The van der Waals surface area contributed by atoms with Crippen LogP contribution in [0.15, 0.2) is 0 Å². The van der Waals surface area contributed by atoms with E-state index >= 15 is 0 Å². The summed E-state index contributed by atoms with van der Waals surface area (Å²) in [6.07, 6.45) is 0.519. The van der Waals surface area contributed by atoms with Gasteiger partial charge in [0.15, 0.2) is 0 Å². The lowest BCUT2D eigenvalue weighted by atomic mass is 10.3. The van der Waals surface area contributed by atoms with Crippen molar-refractivity contribution in [2.24, 2.45) is 0 Å². The van der Waals surface area contributed by atoms with E-state index in [1.54, 1.807) is 0 Å². The minimum atomic E-state index is -2.46. The first-order chi connectivity index (χ1) is 17.6. The zero-order valence-corrected chi connectivity index (χ0v) is 25.4. The largest absolute Gasteiger partial charge is 0.415 e. The van der Waals surface area contributed by atoms with Crippen molar-refractivity contribution in [2.75, 3.05) is 106 Å². The van der Waals surface area contributed by atoms with Crippen LogP contribution < -0.4 is 0 Å². The van der Waals surface area contributed by atoms with Crippen molar-refractivity contribution < 1.29 is 49.0 Å². The Kier molecular flexibility index (Phi) is 21.7. The number of ether oxygens (including phenoxy) is 2. The number of hydrogen-bond donors (Lipinski definition) is 6. The molecular formula is C23H54N2O10Si2. The third kappa shape index (κ3) is 16.6. The predicted octanol–water partition coefficient (Wildman–Crippen LogP) is -1.91. The van der Waals surface area contributed by atoms with Gasteiger partial charge in [0.2, 0.25) is 16.6 Å². The van der Waals surface area contributed by atoms with E-state index in [0.29, 0.717) is 51.2 Å². The Bertz CT molecular complexity index is 473. The van der Waals surface area contributed by atoms with Crippen molar-refractivity contribution >= 4 is 16.6 Å². The second-order valence-corrected chi connectivity index (χ2v) is 17.8. The van der Waals surface area contributed by atoms with Gasteiger partial charge in [0, 0.05) is 40.5 Å². The number of likely N-dealkylation sites (N-methyl/N-ethyl adjacent to an activating group) is 2. The number of aliphatic hydroxyl groups is 6. The fourth-order valence-corrected chi connectivity index (χ4v) is 7.26. The molecule has 0 aromatic heterocycles. The molecule has 0 aliphatic carbocycles. The van der Waals surface area contributed by atoms with Crippen LogP contribution in [0.25, 0.3) is 0 Å². The molecule has 0 amide bonds. The molecular weight excluding hydrogens is 520 g/mol. The molecule has 0 aliphatic rings. The summed E-state index contributed by atoms with van der Waals surface area (Å²) in [6, 6.07) is 1.21. The van der Waals surface area contributed by atoms with Gasteiger partial charge < -0.3 is 58.8 Å². The smallest absolute Gasteiger partial charge is 0.242 e. The van der Waals surface area contributed by atoms with Crippen molar-refractivity contribution in [3.05, 3.63) is 0 Å². The van der Waals surface area contributed by atoms with Crippen molar-refractivity contribution in [1.82, 2.24) is 9.80 Å². The molecule has 2 atom stereocenters. The molecule has 0 heterocycles. The second kappa shape index (κ2) is 21.7. The van der Waals surface area contributed by atoms with Crippen molar-refractivity contribution in [3.63, 3.8) is 0 Å². The summed E-state index contributed by atoms with van der Waals surface area (Å²) in [6.45, 7) is 3.91. The van der Waals surface area contributed by atoms with Gasteiger partial charge in [0.1, 0.15) is 0 Å². The number of aliphatic hydroxyl groups excluding tert-OH is 6. The highest BCUT2D eigenvalue weighted by Crippen LogP contribution is 2.13. The summed E-state index contributed by atoms with van der Waals surface area (Å²) in [5, 5.41) is 58.1. The van der Waals surface area contributed by atoms with Gasteiger partial charge in [-0.1, -0.05) is 0 Å². The molecule has 14 heteroatoms. The Hall–Kier alpha value is -0.0462. The van der Waals surface area contributed by atoms with Crippen molar-refractivity contribution in [3.8, 4) is 0 Å². The van der Waals surface area contributed by atoms with E-state index in [4.69, 9.17) is 18.3 Å². The fraction of sp³-hybridized carbons (Fsp3) is 1.00. The maximum Gasteiger partial charge on any atom is 0.242 e. The van der Waals surface area contributed by atoms with Gasteiger partial charge in [-0.15, -0.1) is 0 Å². The monoisotopic (exact) mass is 574 g/mol. The average molecular weight is 575 g/mol. The molecule has 12 nitrogen and oxygen atoms in total. The van der Waals surface area contributed by atoms with E-state index in [-0.39, 0.29) is 38.1 Å². The predicted molar refractivity (Wildman–Crippen MR) is 146 cm³/mol. The Labute approximate surface area is 225 Å². The molecule has 0 rings (SSSR count). The third-order valence-electron chi connectivity index (χ3n) is 6.61. The first-order valence-corrected chi connectivity index (χ1v) is 18.1. The lowest BCUT2D eigenvalue weighted by Gasteiger charge is -2.25. The maximum atomic E-state index is 10.2. The summed E-state index contributed by atoms with van der Waals surface area (Å²) in [7, 11) is 2.01. The SMILES string of the molecule is CO[Si](CO)(CO)CCCOCC(O)CN(C)CCCN(C)CC(O)COCCC[Si](CO)(CO)OC. The van der Waals surface area contributed by atoms with Crippen LogP contribution >= 0.6 is 0 Å². The minimum absolute atomic E-state index is 0.120. The Morgan fingerprint density at radius 1 is 0.622 bits per heavy atom. The topological polar surface area (TPSA) is 165 Å². The molecule has 0 fully saturated rings. The van der Waals surface area contributed by atoms with Gasteiger partial charge in [-0.25, -0.2) is 0 Å². The van der Waals surface area contributed by atoms with Gasteiger partial charge in [-0.05, 0) is 58.5 Å². The van der Waals surface area contributed by atoms with Crippen LogP contribution in [0.2, 0.25) is 12.1 Å². The highest BCUT2D eigenvalue weighted by Gasteiger charge is 2.32. The summed E-state index contributed by atoms with van der Waals surface area (Å²) in [5.74, 6) is 0. The molecule has 2 unspecified atom stereocenters. The number of nitrogens with zero attached hydrogens (tertiary/aromatic N) is 2. The first kappa shape index (κ1) is 37.0. The lowest BCUT2D eigenvalue weighted by Crippen LogP contribution is -2.46. The van der Waals surface area contributed by atoms with Gasteiger partial charge in [-0.2, -0.15) is 0 Å². The van der Waals surface area contributed by atoms with Gasteiger partial charge >= 0.3 is 0 Å². The second-order valence-electron chi connectivity index (χ2n) is 9.95. The fourth-order valence-electron chi connectivity index (χ4n) is 3.93. The molecule has 0 spiro atoms. The standard InChI is InChI=1S/C23H54N2O10Si2/c1-24(14-22(30)16-34-10-6-12-36(18-26,19-27)32-3)8-5-9-25(2)15-23(31)17-35-11-7-13-37(20-28,21-29)33-4/h22-23,26-31H,5-21H2,1-4H3. The quantitative estimate of drug-likeness (QED) is 0.0502. The zero-order valence-electron chi connectivity index (χ0n) is 23.4. The Morgan fingerprint density at radius 2 is 0.973 bits per heavy atom. The van der Waals surface area contributed by atoms with E-state index < -0.39 is 28.8 Å². The summed E-state index contributed by atoms with van der Waals surface area (Å²) in [4.78, 5) is 4.09. The van der Waals surface area contributed by atoms with Gasteiger partial charge in [0.05, 0.1) is 50.3 Å².